The Morgan fingerprint density at radius 3 is 2.45 bits per heavy atom. The monoisotopic (exact) mass is 437 g/mol. The molecule has 0 atom stereocenters. The normalized spacial score (nSPS) is 10.4. The first-order chi connectivity index (χ1) is 14.8. The van der Waals surface area contributed by atoms with Gasteiger partial charge in [-0.15, -0.1) is 0 Å². The Balaban J connectivity index is 0.00000272. The second-order valence-electron chi connectivity index (χ2n) is 6.48. The number of hydrogen-bond acceptors (Lipinski definition) is 7. The van der Waals surface area contributed by atoms with E-state index in [0.717, 1.165) is 17.8 Å². The quantitative estimate of drug-likeness (QED) is 0.409. The van der Waals surface area contributed by atoms with Gasteiger partial charge in [0.2, 0.25) is 0 Å². The van der Waals surface area contributed by atoms with Crippen molar-refractivity contribution in [3.05, 3.63) is 84.2 Å². The molecule has 0 amide bonds. The zero-order valence-corrected chi connectivity index (χ0v) is 17.7. The number of tetrazole rings is 1. The molecule has 2 aromatic carbocycles. The highest BCUT2D eigenvalue weighted by Crippen LogP contribution is 2.32. The van der Waals surface area contributed by atoms with Gasteiger partial charge in [0, 0.05) is 25.5 Å². The Kier molecular flexibility index (Phi) is 7.91. The lowest BCUT2D eigenvalue weighted by atomic mass is 10.2. The smallest absolute Gasteiger partial charge is 0.346 e. The summed E-state index contributed by atoms with van der Waals surface area (Å²) in [7, 11) is 0. The SMILES string of the molecule is CCOc1cc(CNCc2ccncc2)ccc1Oc1nnnn1-c1ccccc1.[Cl-]. The summed E-state index contributed by atoms with van der Waals surface area (Å²) in [6.45, 7) is 3.92. The molecule has 0 unspecified atom stereocenters. The molecule has 0 saturated carbocycles. The van der Waals surface area contributed by atoms with E-state index in [0.29, 0.717) is 24.7 Å². The van der Waals surface area contributed by atoms with E-state index in [4.69, 9.17) is 9.47 Å². The van der Waals surface area contributed by atoms with Gasteiger partial charge in [-0.3, -0.25) is 4.98 Å². The molecule has 0 radical (unpaired) electrons. The second-order valence-corrected chi connectivity index (χ2v) is 6.48. The van der Waals surface area contributed by atoms with E-state index in [9.17, 15) is 0 Å². The lowest BCUT2D eigenvalue weighted by molar-refractivity contribution is -0.00000731. The van der Waals surface area contributed by atoms with Crippen molar-refractivity contribution in [1.82, 2.24) is 30.5 Å². The minimum Gasteiger partial charge on any atom is -1.00 e. The molecule has 0 aliphatic carbocycles. The fourth-order valence-corrected chi connectivity index (χ4v) is 2.94. The molecule has 2 aromatic heterocycles. The maximum atomic E-state index is 5.99. The van der Waals surface area contributed by atoms with Crippen LogP contribution in [0.25, 0.3) is 5.69 Å². The van der Waals surface area contributed by atoms with E-state index in [-0.39, 0.29) is 18.4 Å². The summed E-state index contributed by atoms with van der Waals surface area (Å²) < 4.78 is 13.3. The maximum Gasteiger partial charge on any atom is 0.346 e. The molecule has 31 heavy (non-hydrogen) atoms. The molecule has 8 nitrogen and oxygen atoms in total. The molecule has 0 fully saturated rings. The van der Waals surface area contributed by atoms with E-state index in [1.807, 2.05) is 67.6 Å². The number of halogens is 1. The van der Waals surface area contributed by atoms with Gasteiger partial charge in [-0.05, 0) is 64.9 Å². The zero-order chi connectivity index (χ0) is 20.6. The van der Waals surface area contributed by atoms with Crippen LogP contribution in [0.5, 0.6) is 17.5 Å². The molecule has 1 N–H and O–H groups in total. The summed E-state index contributed by atoms with van der Waals surface area (Å²) in [6.07, 6.45) is 3.58. The van der Waals surface area contributed by atoms with Gasteiger partial charge >= 0.3 is 6.01 Å². The van der Waals surface area contributed by atoms with Crippen LogP contribution in [0.3, 0.4) is 0 Å². The van der Waals surface area contributed by atoms with Gasteiger partial charge in [-0.2, -0.15) is 4.68 Å². The molecule has 0 aliphatic rings. The van der Waals surface area contributed by atoms with Crippen LogP contribution in [0.2, 0.25) is 0 Å². The lowest BCUT2D eigenvalue weighted by Crippen LogP contribution is -3.00. The van der Waals surface area contributed by atoms with Crippen molar-refractivity contribution in [2.45, 2.75) is 20.0 Å². The fourth-order valence-electron chi connectivity index (χ4n) is 2.94. The number of benzene rings is 2. The van der Waals surface area contributed by atoms with Crippen LogP contribution in [0.1, 0.15) is 18.1 Å². The minimum absolute atomic E-state index is 0. The summed E-state index contributed by atoms with van der Waals surface area (Å²) in [5.74, 6) is 1.20. The number of hydrogen-bond donors (Lipinski definition) is 1. The number of aromatic nitrogens is 5. The third-order valence-electron chi connectivity index (χ3n) is 4.36. The van der Waals surface area contributed by atoms with E-state index in [2.05, 4.69) is 25.8 Å². The molecule has 0 aliphatic heterocycles. The average molecular weight is 438 g/mol. The minimum atomic E-state index is 0. The fraction of sp³-hybridized carbons (Fsp3) is 0.182. The molecular formula is C22H22ClN6O2-. The number of nitrogens with zero attached hydrogens (tertiary/aromatic N) is 5. The number of pyridine rings is 1. The Morgan fingerprint density at radius 2 is 1.68 bits per heavy atom. The molecule has 9 heteroatoms. The molecule has 160 valence electrons. The predicted molar refractivity (Wildman–Crippen MR) is 112 cm³/mol. The molecular weight excluding hydrogens is 416 g/mol. The Labute approximate surface area is 186 Å². The molecule has 4 rings (SSSR count). The van der Waals surface area contributed by atoms with Crippen LogP contribution in [0.15, 0.2) is 73.1 Å². The topological polar surface area (TPSA) is 87.0 Å². The van der Waals surface area contributed by atoms with E-state index in [1.165, 1.54) is 5.56 Å². The highest BCUT2D eigenvalue weighted by atomic mass is 35.5. The van der Waals surface area contributed by atoms with E-state index >= 15 is 0 Å². The first-order valence-corrected chi connectivity index (χ1v) is 9.70. The third kappa shape index (κ3) is 5.78. The van der Waals surface area contributed by atoms with Crippen LogP contribution in [-0.4, -0.2) is 31.8 Å². The molecule has 0 bridgehead atoms. The van der Waals surface area contributed by atoms with Gasteiger partial charge in [-0.1, -0.05) is 29.4 Å². The molecule has 4 aromatic rings. The third-order valence-corrected chi connectivity index (χ3v) is 4.36. The Hall–Kier alpha value is -3.49. The second kappa shape index (κ2) is 11.1. The number of ether oxygens (including phenoxy) is 2. The summed E-state index contributed by atoms with van der Waals surface area (Å²) in [4.78, 5) is 4.04. The van der Waals surface area contributed by atoms with Crippen LogP contribution in [0.4, 0.5) is 0 Å². The Morgan fingerprint density at radius 1 is 0.903 bits per heavy atom. The molecule has 0 saturated heterocycles. The summed E-state index contributed by atoms with van der Waals surface area (Å²) in [6, 6.07) is 19.7. The summed E-state index contributed by atoms with van der Waals surface area (Å²) in [5.41, 5.74) is 3.08. The highest BCUT2D eigenvalue weighted by molar-refractivity contribution is 5.45. The van der Waals surface area contributed by atoms with Gasteiger partial charge in [0.15, 0.2) is 11.5 Å². The first-order valence-electron chi connectivity index (χ1n) is 9.70. The maximum absolute atomic E-state index is 5.99. The van der Waals surface area contributed by atoms with Crippen LogP contribution < -0.4 is 27.2 Å². The van der Waals surface area contributed by atoms with Crippen molar-refractivity contribution in [2.75, 3.05) is 6.61 Å². The van der Waals surface area contributed by atoms with Crippen LogP contribution in [0, 0.1) is 0 Å². The standard InChI is InChI=1S/C22H22N6O2.ClH/c1-2-29-21-14-18(16-24-15-17-10-12-23-13-11-17)8-9-20(21)30-22-25-26-27-28(22)19-6-4-3-5-7-19;/h3-14,24H,2,15-16H2,1H3;1H/p-1. The van der Waals surface area contributed by atoms with Crippen molar-refractivity contribution >= 4 is 0 Å². The van der Waals surface area contributed by atoms with Gasteiger partial charge < -0.3 is 27.2 Å². The Bertz CT molecular complexity index is 1080. The van der Waals surface area contributed by atoms with Gasteiger partial charge in [0.25, 0.3) is 0 Å². The summed E-state index contributed by atoms with van der Waals surface area (Å²) in [5, 5.41) is 15.2. The first kappa shape index (κ1) is 22.2. The number of rotatable bonds is 9. The van der Waals surface area contributed by atoms with Crippen LogP contribution in [-0.2, 0) is 13.1 Å². The largest absolute Gasteiger partial charge is 1.00 e. The average Bonchev–Trinajstić information content (AvgIpc) is 3.25. The lowest BCUT2D eigenvalue weighted by Gasteiger charge is -2.13. The number of para-hydroxylation sites is 1. The van der Waals surface area contributed by atoms with Crippen molar-refractivity contribution < 1.29 is 21.9 Å². The molecule has 0 spiro atoms. The van der Waals surface area contributed by atoms with Gasteiger partial charge in [0.1, 0.15) is 0 Å². The van der Waals surface area contributed by atoms with Crippen molar-refractivity contribution in [1.29, 1.82) is 0 Å². The van der Waals surface area contributed by atoms with E-state index < -0.39 is 0 Å². The number of nitrogens with one attached hydrogen (secondary N) is 1. The highest BCUT2D eigenvalue weighted by Gasteiger charge is 2.14. The van der Waals surface area contributed by atoms with Crippen LogP contribution >= 0.6 is 0 Å². The van der Waals surface area contributed by atoms with Crippen molar-refractivity contribution in [3.63, 3.8) is 0 Å². The summed E-state index contributed by atoms with van der Waals surface area (Å²) >= 11 is 0. The predicted octanol–water partition coefficient (Wildman–Crippen LogP) is 0.542. The zero-order valence-electron chi connectivity index (χ0n) is 17.0. The molecule has 2 heterocycles. The van der Waals surface area contributed by atoms with Gasteiger partial charge in [-0.25, -0.2) is 0 Å². The van der Waals surface area contributed by atoms with Crippen molar-refractivity contribution in [2.24, 2.45) is 0 Å². The van der Waals surface area contributed by atoms with Gasteiger partial charge in [0.05, 0.1) is 12.3 Å². The van der Waals surface area contributed by atoms with Crippen molar-refractivity contribution in [3.8, 4) is 23.2 Å². The van der Waals surface area contributed by atoms with E-state index in [1.54, 1.807) is 17.1 Å².